The molecule has 4 N–H and O–H groups in total. The van der Waals surface area contributed by atoms with Gasteiger partial charge in [0.1, 0.15) is 5.82 Å². The Hall–Kier alpha value is -1.51. The average molecular weight is 317 g/mol. The summed E-state index contributed by atoms with van der Waals surface area (Å²) in [5.41, 5.74) is 5.28. The van der Waals surface area contributed by atoms with Crippen LogP contribution in [0.4, 0.5) is 4.39 Å². The number of sulfonamides is 1. The Morgan fingerprint density at radius 1 is 1.33 bits per heavy atom. The molecule has 0 bridgehead atoms. The van der Waals surface area contributed by atoms with Crippen LogP contribution in [-0.4, -0.2) is 26.4 Å². The van der Waals surface area contributed by atoms with Crippen LogP contribution in [0.5, 0.6) is 0 Å². The monoisotopic (exact) mass is 317 g/mol. The van der Waals surface area contributed by atoms with Gasteiger partial charge in [-0.25, -0.2) is 12.8 Å². The molecule has 1 aromatic carbocycles. The summed E-state index contributed by atoms with van der Waals surface area (Å²) in [6.07, 6.45) is 0. The molecule has 0 spiro atoms. The van der Waals surface area contributed by atoms with Gasteiger partial charge in [0.25, 0.3) is 0 Å². The topological polar surface area (TPSA) is 101 Å². The molecule has 118 valence electrons. The van der Waals surface area contributed by atoms with Gasteiger partial charge in [0.05, 0.1) is 10.9 Å². The fourth-order valence-corrected chi connectivity index (χ4v) is 3.21. The number of hydrogen-bond donors (Lipinski definition) is 3. The molecular weight excluding hydrogens is 297 g/mol. The van der Waals surface area contributed by atoms with Crippen LogP contribution in [0.1, 0.15) is 26.3 Å². The molecule has 0 radical (unpaired) electrons. The minimum Gasteiger partial charge on any atom is -0.353 e. The van der Waals surface area contributed by atoms with Crippen molar-refractivity contribution >= 4 is 15.9 Å². The zero-order valence-electron chi connectivity index (χ0n) is 12.2. The van der Waals surface area contributed by atoms with Crippen molar-refractivity contribution in [1.29, 1.82) is 0 Å². The summed E-state index contributed by atoms with van der Waals surface area (Å²) < 4.78 is 40.3. The standard InChI is InChI=1S/C13H20FN3O3S/c1-8(2)16-13(18)9(3)17-21(19,20)12-6-4-5-11(14)10(12)7-15/h4-6,8-9,17H,7,15H2,1-3H3,(H,16,18). The van der Waals surface area contributed by atoms with Crippen molar-refractivity contribution < 1.29 is 17.6 Å². The molecule has 0 aliphatic carbocycles. The van der Waals surface area contributed by atoms with E-state index >= 15 is 0 Å². The zero-order valence-corrected chi connectivity index (χ0v) is 13.0. The van der Waals surface area contributed by atoms with E-state index < -0.39 is 27.8 Å². The highest BCUT2D eigenvalue weighted by atomic mass is 32.2. The molecule has 0 heterocycles. The van der Waals surface area contributed by atoms with Gasteiger partial charge in [-0.2, -0.15) is 4.72 Å². The van der Waals surface area contributed by atoms with Gasteiger partial charge < -0.3 is 11.1 Å². The highest BCUT2D eigenvalue weighted by molar-refractivity contribution is 7.89. The van der Waals surface area contributed by atoms with E-state index in [0.29, 0.717) is 0 Å². The molecule has 0 fully saturated rings. The Balaban J connectivity index is 3.02. The number of benzene rings is 1. The predicted octanol–water partition coefficient (Wildman–Crippen LogP) is 0.476. The van der Waals surface area contributed by atoms with E-state index in [1.165, 1.54) is 19.1 Å². The molecule has 0 aliphatic rings. The smallest absolute Gasteiger partial charge is 0.241 e. The number of carbonyl (C=O) groups excluding carboxylic acids is 1. The third kappa shape index (κ3) is 4.48. The minimum atomic E-state index is -4.04. The number of rotatable bonds is 6. The summed E-state index contributed by atoms with van der Waals surface area (Å²) in [6, 6.07) is 2.57. The number of halogens is 1. The summed E-state index contributed by atoms with van der Waals surface area (Å²) in [4.78, 5) is 11.5. The van der Waals surface area contributed by atoms with Crippen LogP contribution in [0.25, 0.3) is 0 Å². The van der Waals surface area contributed by atoms with Gasteiger partial charge in [-0.3, -0.25) is 4.79 Å². The predicted molar refractivity (Wildman–Crippen MR) is 77.4 cm³/mol. The summed E-state index contributed by atoms with van der Waals surface area (Å²) >= 11 is 0. The molecule has 6 nitrogen and oxygen atoms in total. The van der Waals surface area contributed by atoms with E-state index in [1.54, 1.807) is 13.8 Å². The number of hydrogen-bond acceptors (Lipinski definition) is 4. The first-order valence-electron chi connectivity index (χ1n) is 6.49. The van der Waals surface area contributed by atoms with Gasteiger partial charge in [0.15, 0.2) is 0 Å². The van der Waals surface area contributed by atoms with Crippen LogP contribution in [0.3, 0.4) is 0 Å². The molecule has 0 saturated carbocycles. The lowest BCUT2D eigenvalue weighted by Crippen LogP contribution is -2.46. The zero-order chi connectivity index (χ0) is 16.2. The fraction of sp³-hybridized carbons (Fsp3) is 0.462. The first kappa shape index (κ1) is 17.5. The second-order valence-corrected chi connectivity index (χ2v) is 6.61. The third-order valence-electron chi connectivity index (χ3n) is 2.73. The maximum absolute atomic E-state index is 13.6. The van der Waals surface area contributed by atoms with Crippen molar-refractivity contribution in [2.45, 2.75) is 44.3 Å². The lowest BCUT2D eigenvalue weighted by Gasteiger charge is -2.17. The molecule has 0 aliphatic heterocycles. The van der Waals surface area contributed by atoms with Gasteiger partial charge >= 0.3 is 0 Å². The maximum Gasteiger partial charge on any atom is 0.241 e. The Morgan fingerprint density at radius 2 is 1.95 bits per heavy atom. The van der Waals surface area contributed by atoms with Gasteiger partial charge in [-0.1, -0.05) is 6.07 Å². The second-order valence-electron chi connectivity index (χ2n) is 4.93. The summed E-state index contributed by atoms with van der Waals surface area (Å²) in [6.45, 7) is 4.68. The minimum absolute atomic E-state index is 0.110. The van der Waals surface area contributed by atoms with Crippen LogP contribution in [0.15, 0.2) is 23.1 Å². The molecular formula is C13H20FN3O3S. The van der Waals surface area contributed by atoms with E-state index in [0.717, 1.165) is 6.07 Å². The lowest BCUT2D eigenvalue weighted by atomic mass is 10.2. The van der Waals surface area contributed by atoms with Gasteiger partial charge in [0, 0.05) is 18.2 Å². The highest BCUT2D eigenvalue weighted by Crippen LogP contribution is 2.18. The van der Waals surface area contributed by atoms with Crippen LogP contribution in [0, 0.1) is 5.82 Å². The number of nitrogens with two attached hydrogens (primary N) is 1. The largest absolute Gasteiger partial charge is 0.353 e. The number of carbonyl (C=O) groups is 1. The van der Waals surface area contributed by atoms with Crippen molar-refractivity contribution in [3.8, 4) is 0 Å². The van der Waals surface area contributed by atoms with E-state index in [9.17, 15) is 17.6 Å². The van der Waals surface area contributed by atoms with E-state index in [4.69, 9.17) is 5.73 Å². The molecule has 21 heavy (non-hydrogen) atoms. The Labute approximate surface area is 124 Å². The molecule has 1 aromatic rings. The van der Waals surface area contributed by atoms with Crippen molar-refractivity contribution in [1.82, 2.24) is 10.0 Å². The van der Waals surface area contributed by atoms with Crippen molar-refractivity contribution in [2.24, 2.45) is 5.73 Å². The first-order valence-corrected chi connectivity index (χ1v) is 7.97. The van der Waals surface area contributed by atoms with Crippen LogP contribution < -0.4 is 15.8 Å². The SMILES string of the molecule is CC(C)NC(=O)C(C)NS(=O)(=O)c1cccc(F)c1CN. The van der Waals surface area contributed by atoms with E-state index in [-0.39, 0.29) is 23.0 Å². The summed E-state index contributed by atoms with van der Waals surface area (Å²) in [7, 11) is -4.04. The van der Waals surface area contributed by atoms with Crippen molar-refractivity contribution in [2.75, 3.05) is 0 Å². The van der Waals surface area contributed by atoms with E-state index in [1.807, 2.05) is 0 Å². The van der Waals surface area contributed by atoms with Crippen molar-refractivity contribution in [3.05, 3.63) is 29.6 Å². The number of amides is 1. The first-order chi connectivity index (χ1) is 9.69. The quantitative estimate of drug-likeness (QED) is 0.710. The number of nitrogens with one attached hydrogen (secondary N) is 2. The molecule has 0 aromatic heterocycles. The Kier molecular flexibility index (Phi) is 5.82. The molecule has 0 saturated heterocycles. The van der Waals surface area contributed by atoms with Gasteiger partial charge in [-0.15, -0.1) is 0 Å². The highest BCUT2D eigenvalue weighted by Gasteiger charge is 2.25. The molecule has 1 amide bonds. The van der Waals surface area contributed by atoms with Crippen LogP contribution in [0.2, 0.25) is 0 Å². The fourth-order valence-electron chi connectivity index (χ4n) is 1.75. The third-order valence-corrected chi connectivity index (χ3v) is 4.35. The lowest BCUT2D eigenvalue weighted by molar-refractivity contribution is -0.122. The molecule has 8 heteroatoms. The molecule has 1 unspecified atom stereocenters. The summed E-state index contributed by atoms with van der Waals surface area (Å²) in [5.74, 6) is -1.15. The Morgan fingerprint density at radius 3 is 2.48 bits per heavy atom. The maximum atomic E-state index is 13.6. The van der Waals surface area contributed by atoms with Gasteiger partial charge in [-0.05, 0) is 32.9 Å². The summed E-state index contributed by atoms with van der Waals surface area (Å²) in [5, 5.41) is 2.59. The molecule has 1 atom stereocenters. The van der Waals surface area contributed by atoms with Gasteiger partial charge in [0.2, 0.25) is 15.9 Å². The second kappa shape index (κ2) is 6.97. The van der Waals surface area contributed by atoms with Crippen LogP contribution >= 0.6 is 0 Å². The van der Waals surface area contributed by atoms with E-state index in [2.05, 4.69) is 10.0 Å². The average Bonchev–Trinajstić information content (AvgIpc) is 2.37. The normalized spacial score (nSPS) is 13.2. The Bertz CT molecular complexity index is 617. The molecule has 1 rings (SSSR count). The van der Waals surface area contributed by atoms with Crippen molar-refractivity contribution in [3.63, 3.8) is 0 Å². The van der Waals surface area contributed by atoms with Crippen LogP contribution in [-0.2, 0) is 21.4 Å².